The van der Waals surface area contributed by atoms with Gasteiger partial charge in [-0.1, -0.05) is 0 Å². The van der Waals surface area contributed by atoms with Crippen molar-refractivity contribution >= 4 is 27.3 Å². The fourth-order valence-corrected chi connectivity index (χ4v) is 5.25. The lowest BCUT2D eigenvalue weighted by Gasteiger charge is -2.20. The Hall–Kier alpha value is -1.59. The molecule has 2 saturated heterocycles. The lowest BCUT2D eigenvalue weighted by Crippen LogP contribution is -2.32. The number of thiophene rings is 1. The molecule has 0 unspecified atom stereocenters. The first-order valence-corrected chi connectivity index (χ1v) is 9.56. The summed E-state index contributed by atoms with van der Waals surface area (Å²) in [7, 11) is 1.68. The number of amides is 1. The number of ether oxygens (including phenoxy) is 1. The van der Waals surface area contributed by atoms with E-state index < -0.39 is 0 Å². The third-order valence-corrected chi connectivity index (χ3v) is 6.90. The number of likely N-dealkylation sites (tertiary alicyclic amines) is 1. The van der Waals surface area contributed by atoms with Crippen LogP contribution in [-0.2, 0) is 0 Å². The average Bonchev–Trinajstić information content (AvgIpc) is 3.13. The highest BCUT2D eigenvalue weighted by Gasteiger charge is 2.32. The molecular weight excluding hydrogens is 320 g/mol. The van der Waals surface area contributed by atoms with Crippen LogP contribution in [0.3, 0.4) is 0 Å². The van der Waals surface area contributed by atoms with Crippen LogP contribution in [0.25, 0.3) is 10.1 Å². The Morgan fingerprint density at radius 2 is 1.96 bits per heavy atom. The zero-order chi connectivity index (χ0) is 16.7. The van der Waals surface area contributed by atoms with Crippen molar-refractivity contribution < 1.29 is 9.53 Å². The number of carbonyl (C=O) groups excluding carboxylic acids is 1. The molecule has 0 spiro atoms. The summed E-state index contributed by atoms with van der Waals surface area (Å²) in [5.41, 5.74) is 1.09. The van der Waals surface area contributed by atoms with Crippen LogP contribution in [0.15, 0.2) is 18.2 Å². The molecule has 3 heterocycles. The molecule has 5 heteroatoms. The summed E-state index contributed by atoms with van der Waals surface area (Å²) in [4.78, 5) is 16.1. The zero-order valence-electron chi connectivity index (χ0n) is 14.3. The Kier molecular flexibility index (Phi) is 4.22. The third-order valence-electron chi connectivity index (χ3n) is 5.64. The van der Waals surface area contributed by atoms with Gasteiger partial charge >= 0.3 is 0 Å². The summed E-state index contributed by atoms with van der Waals surface area (Å²) in [6.07, 6.45) is 2.25. The van der Waals surface area contributed by atoms with Crippen LogP contribution in [0.5, 0.6) is 5.75 Å². The summed E-state index contributed by atoms with van der Waals surface area (Å²) in [5, 5.41) is 4.63. The number of aryl methyl sites for hydroxylation is 1. The molecule has 1 aromatic carbocycles. The van der Waals surface area contributed by atoms with E-state index in [0.717, 1.165) is 77.1 Å². The molecule has 0 bridgehead atoms. The van der Waals surface area contributed by atoms with Gasteiger partial charge in [-0.05, 0) is 73.8 Å². The molecule has 2 fully saturated rings. The van der Waals surface area contributed by atoms with Crippen molar-refractivity contribution in [2.75, 3.05) is 33.3 Å². The van der Waals surface area contributed by atoms with E-state index in [-0.39, 0.29) is 5.91 Å². The van der Waals surface area contributed by atoms with Gasteiger partial charge in [-0.25, -0.2) is 0 Å². The van der Waals surface area contributed by atoms with Gasteiger partial charge in [-0.2, -0.15) is 0 Å². The van der Waals surface area contributed by atoms with Gasteiger partial charge in [-0.15, -0.1) is 11.3 Å². The van der Waals surface area contributed by atoms with Crippen LogP contribution in [0.1, 0.15) is 28.1 Å². The predicted molar refractivity (Wildman–Crippen MR) is 98.1 cm³/mol. The molecule has 2 aromatic rings. The second-order valence-corrected chi connectivity index (χ2v) is 8.02. The quantitative estimate of drug-likeness (QED) is 0.909. The molecule has 1 N–H and O–H groups in total. The first-order chi connectivity index (χ1) is 11.7. The van der Waals surface area contributed by atoms with Crippen LogP contribution < -0.4 is 10.1 Å². The molecule has 2 atom stereocenters. The maximum Gasteiger partial charge on any atom is 0.264 e. The second kappa shape index (κ2) is 6.37. The standard InChI is InChI=1S/C19H24N2O2S/c1-12-16-9-15(23-2)3-4-17(16)24-18(12)19(22)21-7-5-13-10-20-11-14(13)6-8-21/h3-4,9,13-14,20H,5-8,10-11H2,1-2H3/t13-,14+. The Morgan fingerprint density at radius 3 is 2.62 bits per heavy atom. The van der Waals surface area contributed by atoms with Crippen molar-refractivity contribution in [2.24, 2.45) is 11.8 Å². The van der Waals surface area contributed by atoms with E-state index in [1.54, 1.807) is 18.4 Å². The highest BCUT2D eigenvalue weighted by atomic mass is 32.1. The lowest BCUT2D eigenvalue weighted by molar-refractivity contribution is 0.0763. The van der Waals surface area contributed by atoms with E-state index in [9.17, 15) is 4.79 Å². The Morgan fingerprint density at radius 1 is 1.25 bits per heavy atom. The van der Waals surface area contributed by atoms with Gasteiger partial charge in [0.15, 0.2) is 0 Å². The smallest absolute Gasteiger partial charge is 0.264 e. The largest absolute Gasteiger partial charge is 0.497 e. The van der Waals surface area contributed by atoms with E-state index in [2.05, 4.69) is 23.2 Å². The van der Waals surface area contributed by atoms with Crippen molar-refractivity contribution in [3.8, 4) is 5.75 Å². The normalized spacial score (nSPS) is 24.0. The molecule has 128 valence electrons. The molecule has 4 rings (SSSR count). The van der Waals surface area contributed by atoms with Crippen LogP contribution >= 0.6 is 11.3 Å². The molecular formula is C19H24N2O2S. The maximum absolute atomic E-state index is 13.1. The van der Waals surface area contributed by atoms with Crippen molar-refractivity contribution in [1.29, 1.82) is 0 Å². The number of methoxy groups -OCH3 is 1. The molecule has 0 radical (unpaired) electrons. The van der Waals surface area contributed by atoms with Gasteiger partial charge in [0, 0.05) is 17.8 Å². The fraction of sp³-hybridized carbons (Fsp3) is 0.526. The topological polar surface area (TPSA) is 41.6 Å². The number of rotatable bonds is 2. The molecule has 1 amide bonds. The summed E-state index contributed by atoms with van der Waals surface area (Å²) in [6, 6.07) is 6.06. The number of hydrogen-bond donors (Lipinski definition) is 1. The summed E-state index contributed by atoms with van der Waals surface area (Å²) in [5.74, 6) is 2.55. The van der Waals surface area contributed by atoms with Gasteiger partial charge in [0.1, 0.15) is 5.75 Å². The van der Waals surface area contributed by atoms with Crippen molar-refractivity contribution in [2.45, 2.75) is 19.8 Å². The minimum Gasteiger partial charge on any atom is -0.497 e. The van der Waals surface area contributed by atoms with Gasteiger partial charge < -0.3 is 15.0 Å². The average molecular weight is 344 g/mol. The van der Waals surface area contributed by atoms with E-state index >= 15 is 0 Å². The highest BCUT2D eigenvalue weighted by molar-refractivity contribution is 7.21. The fourth-order valence-electron chi connectivity index (χ4n) is 4.10. The van der Waals surface area contributed by atoms with E-state index in [4.69, 9.17) is 4.74 Å². The number of benzene rings is 1. The van der Waals surface area contributed by atoms with Crippen molar-refractivity contribution in [3.63, 3.8) is 0 Å². The first-order valence-electron chi connectivity index (χ1n) is 8.74. The first kappa shape index (κ1) is 15.9. The van der Waals surface area contributed by atoms with Crippen LogP contribution in [0, 0.1) is 18.8 Å². The predicted octanol–water partition coefficient (Wildman–Crippen LogP) is 3.29. The van der Waals surface area contributed by atoms with Gasteiger partial charge in [0.2, 0.25) is 0 Å². The maximum atomic E-state index is 13.1. The number of fused-ring (bicyclic) bond motifs is 2. The van der Waals surface area contributed by atoms with Crippen molar-refractivity contribution in [3.05, 3.63) is 28.6 Å². The molecule has 24 heavy (non-hydrogen) atoms. The summed E-state index contributed by atoms with van der Waals surface area (Å²) >= 11 is 1.61. The molecule has 1 aromatic heterocycles. The van der Waals surface area contributed by atoms with Gasteiger partial charge in [-0.3, -0.25) is 4.79 Å². The Balaban J connectivity index is 1.60. The van der Waals surface area contributed by atoms with Gasteiger partial charge in [0.05, 0.1) is 12.0 Å². The minimum absolute atomic E-state index is 0.209. The number of hydrogen-bond acceptors (Lipinski definition) is 4. The SMILES string of the molecule is COc1ccc2sc(C(=O)N3CC[C@@H]4CNC[C@@H]4CC3)c(C)c2c1. The van der Waals surface area contributed by atoms with Gasteiger partial charge in [0.25, 0.3) is 5.91 Å². The Bertz CT molecular complexity index is 756. The van der Waals surface area contributed by atoms with Crippen molar-refractivity contribution in [1.82, 2.24) is 10.2 Å². The zero-order valence-corrected chi connectivity index (χ0v) is 15.1. The lowest BCUT2D eigenvalue weighted by atomic mass is 9.92. The second-order valence-electron chi connectivity index (χ2n) is 6.97. The van der Waals surface area contributed by atoms with E-state index in [1.807, 2.05) is 12.1 Å². The van der Waals surface area contributed by atoms with E-state index in [0.29, 0.717) is 0 Å². The molecule has 0 aliphatic carbocycles. The number of nitrogens with one attached hydrogen (secondary N) is 1. The van der Waals surface area contributed by atoms with Crippen LogP contribution in [0.4, 0.5) is 0 Å². The minimum atomic E-state index is 0.209. The molecule has 4 nitrogen and oxygen atoms in total. The molecule has 2 aliphatic rings. The molecule has 0 saturated carbocycles. The molecule has 2 aliphatic heterocycles. The number of carbonyl (C=O) groups is 1. The summed E-state index contributed by atoms with van der Waals surface area (Å²) < 4.78 is 6.49. The monoisotopic (exact) mass is 344 g/mol. The third kappa shape index (κ3) is 2.70. The number of nitrogens with zero attached hydrogens (tertiary/aromatic N) is 1. The Labute approximate surface area is 146 Å². The summed E-state index contributed by atoms with van der Waals surface area (Å²) in [6.45, 7) is 6.07. The van der Waals surface area contributed by atoms with E-state index in [1.165, 1.54) is 0 Å². The van der Waals surface area contributed by atoms with Crippen LogP contribution in [0.2, 0.25) is 0 Å². The van der Waals surface area contributed by atoms with Crippen LogP contribution in [-0.4, -0.2) is 44.1 Å². The highest BCUT2D eigenvalue weighted by Crippen LogP contribution is 2.35.